The largest absolute Gasteiger partial charge is 0.360 e. The number of nitrogens with two attached hydrogens (primary N) is 1. The van der Waals surface area contributed by atoms with Gasteiger partial charge < -0.3 is 4.52 Å². The number of aryl methyl sites for hydroxylation is 1. The fourth-order valence-electron chi connectivity index (χ4n) is 2.47. The second kappa shape index (κ2) is 6.22. The molecule has 136 valence electrons. The summed E-state index contributed by atoms with van der Waals surface area (Å²) >= 11 is 0. The highest BCUT2D eigenvalue weighted by atomic mass is 32.2. The average molecular weight is 386 g/mol. The Morgan fingerprint density at radius 2 is 1.65 bits per heavy atom. The third kappa shape index (κ3) is 3.08. The van der Waals surface area contributed by atoms with E-state index < -0.39 is 38.2 Å². The molecule has 0 fully saturated rings. The molecule has 2 N–H and O–H groups in total. The van der Waals surface area contributed by atoms with Crippen LogP contribution in [0.4, 0.5) is 17.6 Å². The summed E-state index contributed by atoms with van der Waals surface area (Å²) in [5, 5.41) is 8.51. The lowest BCUT2D eigenvalue weighted by Gasteiger charge is -2.08. The molecule has 0 atom stereocenters. The van der Waals surface area contributed by atoms with Crippen molar-refractivity contribution in [2.24, 2.45) is 5.14 Å². The lowest BCUT2D eigenvalue weighted by Crippen LogP contribution is -2.14. The Kier molecular flexibility index (Phi) is 4.32. The number of primary sulfonamides is 1. The summed E-state index contributed by atoms with van der Waals surface area (Å²) in [6, 6.07) is 3.91. The smallest absolute Gasteiger partial charge is 0.241 e. The molecule has 1 aromatic heterocycles. The second-order valence-corrected chi connectivity index (χ2v) is 6.93. The molecule has 0 amide bonds. The first kappa shape index (κ1) is 18.1. The number of halogens is 4. The van der Waals surface area contributed by atoms with Crippen molar-refractivity contribution in [3.05, 3.63) is 59.4 Å². The Balaban J connectivity index is 2.24. The van der Waals surface area contributed by atoms with Gasteiger partial charge >= 0.3 is 0 Å². The maximum atomic E-state index is 14.5. The Hall–Kier alpha value is -2.72. The molecule has 0 saturated heterocycles. The molecule has 0 spiro atoms. The molecule has 2 aromatic carbocycles. The summed E-state index contributed by atoms with van der Waals surface area (Å²) in [7, 11) is -4.47. The van der Waals surface area contributed by atoms with E-state index in [1.807, 2.05) is 0 Å². The van der Waals surface area contributed by atoms with Crippen LogP contribution in [0, 0.1) is 30.2 Å². The molecule has 10 heteroatoms. The lowest BCUT2D eigenvalue weighted by molar-refractivity contribution is 0.400. The summed E-state index contributed by atoms with van der Waals surface area (Å²) < 4.78 is 82.7. The molecule has 0 bridgehead atoms. The lowest BCUT2D eigenvalue weighted by atomic mass is 9.99. The van der Waals surface area contributed by atoms with Crippen molar-refractivity contribution in [1.29, 1.82) is 0 Å². The molecular formula is C16H10F4N2O3S. The van der Waals surface area contributed by atoms with Gasteiger partial charge in [-0.1, -0.05) is 5.16 Å². The normalized spacial score (nSPS) is 11.8. The van der Waals surface area contributed by atoms with Crippen molar-refractivity contribution < 1.29 is 30.5 Å². The number of hydrogen-bond acceptors (Lipinski definition) is 4. The van der Waals surface area contributed by atoms with Crippen LogP contribution in [-0.4, -0.2) is 13.6 Å². The van der Waals surface area contributed by atoms with Crippen LogP contribution in [0.3, 0.4) is 0 Å². The zero-order valence-electron chi connectivity index (χ0n) is 13.1. The maximum Gasteiger partial charge on any atom is 0.241 e. The topological polar surface area (TPSA) is 86.2 Å². The Labute approximate surface area is 145 Å². The van der Waals surface area contributed by atoms with Gasteiger partial charge in [0.05, 0.1) is 5.56 Å². The van der Waals surface area contributed by atoms with Crippen LogP contribution in [0.1, 0.15) is 5.76 Å². The first-order valence-corrected chi connectivity index (χ1v) is 8.58. The van der Waals surface area contributed by atoms with Crippen molar-refractivity contribution in [1.82, 2.24) is 5.16 Å². The van der Waals surface area contributed by atoms with E-state index in [2.05, 4.69) is 5.16 Å². The number of rotatable bonds is 3. The van der Waals surface area contributed by atoms with E-state index in [-0.39, 0.29) is 28.1 Å². The van der Waals surface area contributed by atoms with E-state index in [9.17, 15) is 26.0 Å². The fourth-order valence-corrected chi connectivity index (χ4v) is 3.07. The van der Waals surface area contributed by atoms with E-state index in [1.54, 1.807) is 0 Å². The monoisotopic (exact) mass is 386 g/mol. The Bertz CT molecular complexity index is 1130. The van der Waals surface area contributed by atoms with Gasteiger partial charge in [-0.25, -0.2) is 31.1 Å². The van der Waals surface area contributed by atoms with Crippen LogP contribution < -0.4 is 5.14 Å². The fraction of sp³-hybridized carbons (Fsp3) is 0.0625. The van der Waals surface area contributed by atoms with Crippen LogP contribution in [0.25, 0.3) is 22.4 Å². The van der Waals surface area contributed by atoms with Crippen molar-refractivity contribution in [3.8, 4) is 22.4 Å². The van der Waals surface area contributed by atoms with E-state index in [4.69, 9.17) is 9.66 Å². The van der Waals surface area contributed by atoms with E-state index >= 15 is 0 Å². The van der Waals surface area contributed by atoms with Crippen molar-refractivity contribution in [2.45, 2.75) is 11.8 Å². The van der Waals surface area contributed by atoms with E-state index in [0.29, 0.717) is 12.1 Å². The standard InChI is InChI=1S/C16H10F4N2O3S/c1-7-15(9-5-13(20)14(6-11(9)18)26(21,23)24)16(22-25-7)8-2-3-10(17)12(19)4-8/h2-6H,1H3,(H2,21,23,24). The molecule has 0 aliphatic heterocycles. The van der Waals surface area contributed by atoms with Gasteiger partial charge in [0.15, 0.2) is 11.6 Å². The highest BCUT2D eigenvalue weighted by molar-refractivity contribution is 7.89. The summed E-state index contributed by atoms with van der Waals surface area (Å²) in [6.45, 7) is 1.40. The number of nitrogens with zero attached hydrogens (tertiary/aromatic N) is 1. The third-order valence-corrected chi connectivity index (χ3v) is 4.58. The van der Waals surface area contributed by atoms with Gasteiger partial charge in [-0.05, 0) is 37.3 Å². The Morgan fingerprint density at radius 3 is 2.27 bits per heavy atom. The van der Waals surface area contributed by atoms with Crippen molar-refractivity contribution >= 4 is 10.0 Å². The van der Waals surface area contributed by atoms with E-state index in [0.717, 1.165) is 12.1 Å². The highest BCUT2D eigenvalue weighted by Crippen LogP contribution is 2.37. The van der Waals surface area contributed by atoms with Gasteiger partial charge in [0, 0.05) is 11.1 Å². The quantitative estimate of drug-likeness (QED) is 0.698. The van der Waals surface area contributed by atoms with Gasteiger partial charge in [-0.15, -0.1) is 0 Å². The van der Waals surface area contributed by atoms with Gasteiger partial charge in [0.25, 0.3) is 0 Å². The summed E-state index contributed by atoms with van der Waals surface area (Å²) in [5.41, 5.74) is -0.407. The van der Waals surface area contributed by atoms with Crippen LogP contribution in [-0.2, 0) is 10.0 Å². The number of hydrogen-bond donors (Lipinski definition) is 1. The van der Waals surface area contributed by atoms with Crippen LogP contribution >= 0.6 is 0 Å². The molecule has 3 aromatic rings. The molecule has 0 radical (unpaired) electrons. The zero-order chi connectivity index (χ0) is 19.2. The zero-order valence-corrected chi connectivity index (χ0v) is 13.9. The van der Waals surface area contributed by atoms with Crippen LogP contribution in [0.2, 0.25) is 0 Å². The van der Waals surface area contributed by atoms with Crippen molar-refractivity contribution in [2.75, 3.05) is 0 Å². The number of aromatic nitrogens is 1. The molecule has 1 heterocycles. The summed E-state index contributed by atoms with van der Waals surface area (Å²) in [5.74, 6) is -4.58. The molecule has 0 unspecified atom stereocenters. The Morgan fingerprint density at radius 1 is 0.962 bits per heavy atom. The molecule has 0 aliphatic carbocycles. The van der Waals surface area contributed by atoms with Gasteiger partial charge in [-0.2, -0.15) is 0 Å². The minimum atomic E-state index is -4.47. The first-order valence-electron chi connectivity index (χ1n) is 7.03. The molecule has 26 heavy (non-hydrogen) atoms. The first-order chi connectivity index (χ1) is 12.1. The van der Waals surface area contributed by atoms with Crippen LogP contribution in [0.5, 0.6) is 0 Å². The van der Waals surface area contributed by atoms with Gasteiger partial charge in [0.2, 0.25) is 10.0 Å². The highest BCUT2D eigenvalue weighted by Gasteiger charge is 2.24. The minimum absolute atomic E-state index is 0.0339. The molecule has 0 saturated carbocycles. The molecular weight excluding hydrogens is 376 g/mol. The second-order valence-electron chi connectivity index (χ2n) is 5.40. The van der Waals surface area contributed by atoms with Gasteiger partial charge in [0.1, 0.15) is 28.0 Å². The molecule has 3 rings (SSSR count). The maximum absolute atomic E-state index is 14.5. The average Bonchev–Trinajstić information content (AvgIpc) is 2.92. The SMILES string of the molecule is Cc1onc(-c2ccc(F)c(F)c2)c1-c1cc(F)c(S(N)(=O)=O)cc1F. The number of sulfonamides is 1. The predicted octanol–water partition coefficient (Wildman–Crippen LogP) is 3.52. The van der Waals surface area contributed by atoms with Crippen molar-refractivity contribution in [3.63, 3.8) is 0 Å². The number of benzene rings is 2. The predicted molar refractivity (Wildman–Crippen MR) is 83.3 cm³/mol. The summed E-state index contributed by atoms with van der Waals surface area (Å²) in [6.07, 6.45) is 0. The van der Waals surface area contributed by atoms with E-state index in [1.165, 1.54) is 13.0 Å². The molecule has 5 nitrogen and oxygen atoms in total. The van der Waals surface area contributed by atoms with Crippen LogP contribution in [0.15, 0.2) is 39.8 Å². The minimum Gasteiger partial charge on any atom is -0.360 e. The summed E-state index contributed by atoms with van der Waals surface area (Å²) in [4.78, 5) is -1.01. The third-order valence-electron chi connectivity index (χ3n) is 3.65. The molecule has 0 aliphatic rings. The van der Waals surface area contributed by atoms with Gasteiger partial charge in [-0.3, -0.25) is 0 Å².